The molecule has 0 aliphatic carbocycles. The maximum Gasteiger partial charge on any atom is 0.222 e. The van der Waals surface area contributed by atoms with Crippen molar-refractivity contribution >= 4 is 5.91 Å². The first-order valence-electron chi connectivity index (χ1n) is 9.43. The van der Waals surface area contributed by atoms with Gasteiger partial charge in [-0.1, -0.05) is 42.5 Å². The van der Waals surface area contributed by atoms with E-state index in [1.165, 1.54) is 11.1 Å². The van der Waals surface area contributed by atoms with Crippen molar-refractivity contribution in [3.63, 3.8) is 0 Å². The summed E-state index contributed by atoms with van der Waals surface area (Å²) in [6.07, 6.45) is 3.57. The van der Waals surface area contributed by atoms with Crippen LogP contribution >= 0.6 is 0 Å². The number of amides is 1. The molecule has 0 aromatic heterocycles. The number of hydrogen-bond donors (Lipinski definition) is 1. The highest BCUT2D eigenvalue weighted by Gasteiger charge is 2.29. The van der Waals surface area contributed by atoms with Crippen molar-refractivity contribution in [2.45, 2.75) is 38.3 Å². The predicted molar refractivity (Wildman–Crippen MR) is 104 cm³/mol. The van der Waals surface area contributed by atoms with Gasteiger partial charge in [0.25, 0.3) is 0 Å². The van der Waals surface area contributed by atoms with Crippen LogP contribution in [-0.4, -0.2) is 37.0 Å². The van der Waals surface area contributed by atoms with Crippen molar-refractivity contribution in [2.24, 2.45) is 0 Å². The third kappa shape index (κ3) is 5.09. The van der Waals surface area contributed by atoms with Crippen LogP contribution in [0.4, 0.5) is 0 Å². The minimum absolute atomic E-state index is 0.298. The van der Waals surface area contributed by atoms with Gasteiger partial charge in [0, 0.05) is 25.6 Å². The van der Waals surface area contributed by atoms with Gasteiger partial charge in [-0.15, -0.1) is 0 Å². The van der Waals surface area contributed by atoms with E-state index in [4.69, 9.17) is 4.74 Å². The predicted octanol–water partition coefficient (Wildman–Crippen LogP) is 3.41. The van der Waals surface area contributed by atoms with E-state index in [-0.39, 0.29) is 0 Å². The summed E-state index contributed by atoms with van der Waals surface area (Å²) in [6.45, 7) is 2.62. The number of ether oxygens (including phenoxy) is 1. The van der Waals surface area contributed by atoms with E-state index < -0.39 is 0 Å². The van der Waals surface area contributed by atoms with E-state index in [1.54, 1.807) is 7.11 Å². The molecule has 2 aromatic carbocycles. The number of carbonyl (C=O) groups is 1. The normalized spacial score (nSPS) is 16.9. The third-order valence-electron chi connectivity index (χ3n) is 5.08. The Bertz CT molecular complexity index is 685. The van der Waals surface area contributed by atoms with Gasteiger partial charge >= 0.3 is 0 Å². The second-order valence-electron chi connectivity index (χ2n) is 6.83. The molecule has 1 atom stereocenters. The molecule has 26 heavy (non-hydrogen) atoms. The molecular formula is C22H28N2O2. The fraction of sp³-hybridized carbons (Fsp3) is 0.409. The summed E-state index contributed by atoms with van der Waals surface area (Å²) >= 11 is 0. The van der Waals surface area contributed by atoms with E-state index in [2.05, 4.69) is 46.6 Å². The van der Waals surface area contributed by atoms with Crippen LogP contribution in [0.25, 0.3) is 0 Å². The zero-order valence-corrected chi connectivity index (χ0v) is 15.5. The zero-order chi connectivity index (χ0) is 18.2. The lowest BCUT2D eigenvalue weighted by Crippen LogP contribution is -2.36. The monoisotopic (exact) mass is 352 g/mol. The maximum absolute atomic E-state index is 12.2. The van der Waals surface area contributed by atoms with Crippen molar-refractivity contribution in [3.05, 3.63) is 65.7 Å². The maximum atomic E-state index is 12.2. The summed E-state index contributed by atoms with van der Waals surface area (Å²) in [7, 11) is 1.67. The number of rotatable bonds is 9. The number of nitrogens with zero attached hydrogens (tertiary/aromatic N) is 1. The van der Waals surface area contributed by atoms with Crippen LogP contribution in [0.3, 0.4) is 0 Å². The van der Waals surface area contributed by atoms with E-state index >= 15 is 0 Å². The molecule has 4 nitrogen and oxygen atoms in total. The molecule has 1 unspecified atom stereocenters. The van der Waals surface area contributed by atoms with Gasteiger partial charge in [-0.05, 0) is 49.1 Å². The molecule has 1 amide bonds. The molecule has 1 N–H and O–H groups in total. The van der Waals surface area contributed by atoms with Crippen LogP contribution in [0.5, 0.6) is 5.75 Å². The molecule has 1 aliphatic rings. The highest BCUT2D eigenvalue weighted by molar-refractivity contribution is 5.78. The van der Waals surface area contributed by atoms with E-state index in [0.29, 0.717) is 18.4 Å². The molecular weight excluding hydrogens is 324 g/mol. The Labute approximate surface area is 156 Å². The van der Waals surface area contributed by atoms with Crippen LogP contribution in [0.1, 0.15) is 30.4 Å². The number of nitrogens with one attached hydrogen (secondary N) is 1. The van der Waals surface area contributed by atoms with Crippen molar-refractivity contribution in [1.82, 2.24) is 10.2 Å². The molecule has 1 aliphatic heterocycles. The van der Waals surface area contributed by atoms with Crippen molar-refractivity contribution in [2.75, 3.05) is 20.2 Å². The fourth-order valence-electron chi connectivity index (χ4n) is 3.54. The molecule has 1 heterocycles. The smallest absolute Gasteiger partial charge is 0.222 e. The van der Waals surface area contributed by atoms with Crippen molar-refractivity contribution in [1.29, 1.82) is 0 Å². The van der Waals surface area contributed by atoms with Gasteiger partial charge in [-0.2, -0.15) is 0 Å². The van der Waals surface area contributed by atoms with Crippen LogP contribution in [0, 0.1) is 0 Å². The second-order valence-corrected chi connectivity index (χ2v) is 6.83. The lowest BCUT2D eigenvalue weighted by atomic mass is 10.1. The Hall–Kier alpha value is -2.33. The zero-order valence-electron chi connectivity index (χ0n) is 15.5. The number of likely N-dealkylation sites (tertiary alicyclic amines) is 1. The quantitative estimate of drug-likeness (QED) is 0.703. The first-order valence-corrected chi connectivity index (χ1v) is 9.43. The lowest BCUT2D eigenvalue weighted by Gasteiger charge is -2.25. The molecule has 0 spiro atoms. The second kappa shape index (κ2) is 9.39. The van der Waals surface area contributed by atoms with Gasteiger partial charge in [-0.25, -0.2) is 0 Å². The summed E-state index contributed by atoms with van der Waals surface area (Å²) in [6, 6.07) is 18.9. The highest BCUT2D eigenvalue weighted by atomic mass is 16.5. The Morgan fingerprint density at radius 2 is 1.85 bits per heavy atom. The minimum Gasteiger partial charge on any atom is -0.497 e. The van der Waals surface area contributed by atoms with E-state index in [0.717, 1.165) is 44.6 Å². The molecule has 3 rings (SSSR count). The topological polar surface area (TPSA) is 41.6 Å². The molecule has 0 radical (unpaired) electrons. The van der Waals surface area contributed by atoms with Gasteiger partial charge in [0.2, 0.25) is 5.91 Å². The Balaban J connectivity index is 1.43. The van der Waals surface area contributed by atoms with Crippen LogP contribution < -0.4 is 10.1 Å². The standard InChI is InChI=1S/C22H28N2O2/c1-26-21-10-7-18(8-11-21)14-16-24-20(9-12-22(24)25)13-15-23-17-19-5-3-2-4-6-19/h2-8,10-11,20,23H,9,12-17H2,1H3. The first kappa shape index (κ1) is 18.5. The van der Waals surface area contributed by atoms with Crippen molar-refractivity contribution < 1.29 is 9.53 Å². The molecule has 0 saturated carbocycles. The summed E-state index contributed by atoms with van der Waals surface area (Å²) in [4.78, 5) is 14.3. The SMILES string of the molecule is COc1ccc(CCN2C(=O)CCC2CCNCc2ccccc2)cc1. The van der Waals surface area contributed by atoms with Gasteiger partial charge in [0.05, 0.1) is 7.11 Å². The summed E-state index contributed by atoms with van der Waals surface area (Å²) in [5, 5.41) is 3.50. The van der Waals surface area contributed by atoms with Gasteiger partial charge in [0.15, 0.2) is 0 Å². The lowest BCUT2D eigenvalue weighted by molar-refractivity contribution is -0.129. The number of benzene rings is 2. The number of hydrogen-bond acceptors (Lipinski definition) is 3. The fourth-order valence-corrected chi connectivity index (χ4v) is 3.54. The van der Waals surface area contributed by atoms with E-state index in [9.17, 15) is 4.79 Å². The molecule has 4 heteroatoms. The van der Waals surface area contributed by atoms with Crippen LogP contribution in [-0.2, 0) is 17.8 Å². The van der Waals surface area contributed by atoms with Gasteiger partial charge < -0.3 is 15.0 Å². The Morgan fingerprint density at radius 1 is 1.08 bits per heavy atom. The van der Waals surface area contributed by atoms with Gasteiger partial charge in [-0.3, -0.25) is 4.79 Å². The molecule has 1 fully saturated rings. The van der Waals surface area contributed by atoms with Gasteiger partial charge in [0.1, 0.15) is 5.75 Å². The number of carbonyl (C=O) groups excluding carboxylic acids is 1. The van der Waals surface area contributed by atoms with Crippen LogP contribution in [0.2, 0.25) is 0 Å². The Kier molecular flexibility index (Phi) is 6.67. The summed E-state index contributed by atoms with van der Waals surface area (Å²) in [5.74, 6) is 1.17. The Morgan fingerprint density at radius 3 is 2.58 bits per heavy atom. The minimum atomic E-state index is 0.298. The summed E-state index contributed by atoms with van der Waals surface area (Å²) < 4.78 is 5.20. The van der Waals surface area contributed by atoms with Crippen LogP contribution in [0.15, 0.2) is 54.6 Å². The third-order valence-corrected chi connectivity index (χ3v) is 5.08. The largest absolute Gasteiger partial charge is 0.497 e. The molecule has 2 aromatic rings. The van der Waals surface area contributed by atoms with Crippen molar-refractivity contribution in [3.8, 4) is 5.75 Å². The molecule has 1 saturated heterocycles. The first-order chi connectivity index (χ1) is 12.8. The van der Waals surface area contributed by atoms with E-state index in [1.807, 2.05) is 18.2 Å². The average molecular weight is 352 g/mol. The average Bonchev–Trinajstić information content (AvgIpc) is 3.04. The molecule has 0 bridgehead atoms. The number of methoxy groups -OCH3 is 1. The highest BCUT2D eigenvalue weighted by Crippen LogP contribution is 2.22. The summed E-state index contributed by atoms with van der Waals surface area (Å²) in [5.41, 5.74) is 2.54. The molecule has 138 valence electrons.